The first-order chi connectivity index (χ1) is 8.65. The molecule has 1 aromatic rings. The lowest BCUT2D eigenvalue weighted by Crippen LogP contribution is -2.28. The SMILES string of the molecule is O=C(O)c1ccc(CNCC2CCCC(O)C2)o1. The van der Waals surface area contributed by atoms with Crippen LogP contribution in [0.25, 0.3) is 0 Å². The van der Waals surface area contributed by atoms with E-state index >= 15 is 0 Å². The van der Waals surface area contributed by atoms with E-state index in [4.69, 9.17) is 9.52 Å². The summed E-state index contributed by atoms with van der Waals surface area (Å²) >= 11 is 0. The van der Waals surface area contributed by atoms with Gasteiger partial charge in [-0.05, 0) is 43.9 Å². The highest BCUT2D eigenvalue weighted by Gasteiger charge is 2.19. The van der Waals surface area contributed by atoms with Gasteiger partial charge in [-0.15, -0.1) is 0 Å². The molecule has 1 aliphatic rings. The summed E-state index contributed by atoms with van der Waals surface area (Å²) in [5, 5.41) is 21.5. The molecule has 1 aliphatic carbocycles. The van der Waals surface area contributed by atoms with Crippen molar-refractivity contribution >= 4 is 5.97 Å². The van der Waals surface area contributed by atoms with E-state index < -0.39 is 5.97 Å². The van der Waals surface area contributed by atoms with Crippen molar-refractivity contribution in [3.05, 3.63) is 23.7 Å². The fraction of sp³-hybridized carbons (Fsp3) is 0.615. The molecule has 0 bridgehead atoms. The molecular weight excluding hydrogens is 234 g/mol. The first-order valence-electron chi connectivity index (χ1n) is 6.36. The van der Waals surface area contributed by atoms with Gasteiger partial charge in [0.2, 0.25) is 5.76 Å². The molecule has 0 aromatic carbocycles. The second-order valence-electron chi connectivity index (χ2n) is 4.89. The largest absolute Gasteiger partial charge is 0.475 e. The molecule has 2 rings (SSSR count). The quantitative estimate of drug-likeness (QED) is 0.742. The van der Waals surface area contributed by atoms with Gasteiger partial charge in [0, 0.05) is 0 Å². The Balaban J connectivity index is 1.72. The van der Waals surface area contributed by atoms with E-state index in [9.17, 15) is 9.90 Å². The van der Waals surface area contributed by atoms with Gasteiger partial charge >= 0.3 is 5.97 Å². The van der Waals surface area contributed by atoms with Crippen molar-refractivity contribution in [2.24, 2.45) is 5.92 Å². The number of nitrogens with one attached hydrogen (secondary N) is 1. The second kappa shape index (κ2) is 6.02. The highest BCUT2D eigenvalue weighted by Crippen LogP contribution is 2.23. The predicted molar refractivity (Wildman–Crippen MR) is 65.3 cm³/mol. The van der Waals surface area contributed by atoms with Gasteiger partial charge in [-0.1, -0.05) is 6.42 Å². The van der Waals surface area contributed by atoms with Crippen molar-refractivity contribution in [1.29, 1.82) is 0 Å². The topological polar surface area (TPSA) is 82.7 Å². The number of hydrogen-bond acceptors (Lipinski definition) is 4. The summed E-state index contributed by atoms with van der Waals surface area (Å²) < 4.78 is 5.14. The van der Waals surface area contributed by atoms with Gasteiger partial charge in [0.05, 0.1) is 12.6 Å². The van der Waals surface area contributed by atoms with Gasteiger partial charge in [-0.25, -0.2) is 4.79 Å². The maximum absolute atomic E-state index is 10.6. The number of carbonyl (C=O) groups is 1. The van der Waals surface area contributed by atoms with E-state index in [0.717, 1.165) is 32.2 Å². The van der Waals surface area contributed by atoms with E-state index in [0.29, 0.717) is 18.2 Å². The standard InChI is InChI=1S/C13H19NO4/c15-10-3-1-2-9(6-10)7-14-8-11-4-5-12(18-11)13(16)17/h4-5,9-10,14-15H,1-3,6-8H2,(H,16,17). The summed E-state index contributed by atoms with van der Waals surface area (Å²) in [6.45, 7) is 1.36. The van der Waals surface area contributed by atoms with Gasteiger partial charge in [0.1, 0.15) is 5.76 Å². The first-order valence-corrected chi connectivity index (χ1v) is 6.36. The Morgan fingerprint density at radius 1 is 1.44 bits per heavy atom. The molecule has 5 nitrogen and oxygen atoms in total. The lowest BCUT2D eigenvalue weighted by Gasteiger charge is -2.25. The lowest BCUT2D eigenvalue weighted by molar-refractivity contribution is 0.0659. The molecule has 0 aliphatic heterocycles. The Kier molecular flexibility index (Phi) is 4.38. The van der Waals surface area contributed by atoms with Gasteiger partial charge in [-0.2, -0.15) is 0 Å². The van der Waals surface area contributed by atoms with Crippen molar-refractivity contribution < 1.29 is 19.4 Å². The minimum atomic E-state index is -1.04. The van der Waals surface area contributed by atoms with Gasteiger partial charge in [0.15, 0.2) is 0 Å². The molecule has 2 atom stereocenters. The Labute approximate surface area is 106 Å². The average Bonchev–Trinajstić information content (AvgIpc) is 2.78. The number of hydrogen-bond donors (Lipinski definition) is 3. The molecule has 0 saturated heterocycles. The number of furan rings is 1. The number of carboxylic acid groups (broad SMARTS) is 1. The molecular formula is C13H19NO4. The highest BCUT2D eigenvalue weighted by atomic mass is 16.4. The second-order valence-corrected chi connectivity index (χ2v) is 4.89. The number of aliphatic hydroxyl groups excluding tert-OH is 1. The van der Waals surface area contributed by atoms with E-state index in [2.05, 4.69) is 5.32 Å². The Bertz CT molecular complexity index is 401. The fourth-order valence-corrected chi connectivity index (χ4v) is 2.44. The summed E-state index contributed by atoms with van der Waals surface area (Å²) in [5.41, 5.74) is 0. The number of aromatic carboxylic acids is 1. The minimum absolute atomic E-state index is 0.0279. The molecule has 18 heavy (non-hydrogen) atoms. The maximum Gasteiger partial charge on any atom is 0.371 e. The van der Waals surface area contributed by atoms with Crippen LogP contribution in [0, 0.1) is 5.92 Å². The minimum Gasteiger partial charge on any atom is -0.475 e. The van der Waals surface area contributed by atoms with Crippen LogP contribution in [0.3, 0.4) is 0 Å². The molecule has 5 heteroatoms. The van der Waals surface area contributed by atoms with E-state index in [1.165, 1.54) is 6.07 Å². The molecule has 3 N–H and O–H groups in total. The van der Waals surface area contributed by atoms with Crippen molar-refractivity contribution in [2.45, 2.75) is 38.3 Å². The molecule has 1 aromatic heterocycles. The normalized spacial score (nSPS) is 24.1. The Morgan fingerprint density at radius 2 is 2.28 bits per heavy atom. The zero-order valence-corrected chi connectivity index (χ0v) is 10.3. The molecule has 2 unspecified atom stereocenters. The third-order valence-corrected chi connectivity index (χ3v) is 3.36. The highest BCUT2D eigenvalue weighted by molar-refractivity contribution is 5.84. The summed E-state index contributed by atoms with van der Waals surface area (Å²) in [6, 6.07) is 3.13. The van der Waals surface area contributed by atoms with Crippen LogP contribution < -0.4 is 5.32 Å². The van der Waals surface area contributed by atoms with Gasteiger partial charge in [0.25, 0.3) is 0 Å². The third kappa shape index (κ3) is 3.58. The first kappa shape index (κ1) is 13.1. The molecule has 0 spiro atoms. The third-order valence-electron chi connectivity index (χ3n) is 3.36. The van der Waals surface area contributed by atoms with Crippen molar-refractivity contribution in [3.63, 3.8) is 0 Å². The van der Waals surface area contributed by atoms with E-state index in [1.54, 1.807) is 6.07 Å². The van der Waals surface area contributed by atoms with Crippen LogP contribution in [0.1, 0.15) is 42.0 Å². The van der Waals surface area contributed by atoms with Crippen LogP contribution in [0.2, 0.25) is 0 Å². The summed E-state index contributed by atoms with van der Waals surface area (Å²) in [4.78, 5) is 10.6. The van der Waals surface area contributed by atoms with Crippen molar-refractivity contribution in [2.75, 3.05) is 6.54 Å². The number of carboxylic acids is 1. The monoisotopic (exact) mass is 253 g/mol. The fourth-order valence-electron chi connectivity index (χ4n) is 2.44. The van der Waals surface area contributed by atoms with E-state index in [-0.39, 0.29) is 11.9 Å². The lowest BCUT2D eigenvalue weighted by atomic mass is 9.87. The van der Waals surface area contributed by atoms with Crippen molar-refractivity contribution in [1.82, 2.24) is 5.32 Å². The number of rotatable bonds is 5. The smallest absolute Gasteiger partial charge is 0.371 e. The molecule has 1 heterocycles. The van der Waals surface area contributed by atoms with Crippen LogP contribution in [0.15, 0.2) is 16.5 Å². The molecule has 0 amide bonds. The molecule has 1 fully saturated rings. The van der Waals surface area contributed by atoms with Crippen LogP contribution >= 0.6 is 0 Å². The summed E-state index contributed by atoms with van der Waals surface area (Å²) in [7, 11) is 0. The molecule has 0 radical (unpaired) electrons. The van der Waals surface area contributed by atoms with Crippen LogP contribution in [0.4, 0.5) is 0 Å². The zero-order valence-electron chi connectivity index (χ0n) is 10.3. The van der Waals surface area contributed by atoms with Crippen LogP contribution in [-0.2, 0) is 6.54 Å². The summed E-state index contributed by atoms with van der Waals surface area (Å²) in [5.74, 6) is 0.0583. The Morgan fingerprint density at radius 3 is 2.94 bits per heavy atom. The zero-order chi connectivity index (χ0) is 13.0. The molecule has 1 saturated carbocycles. The molecule has 100 valence electrons. The van der Waals surface area contributed by atoms with E-state index in [1.807, 2.05) is 0 Å². The summed E-state index contributed by atoms with van der Waals surface area (Å²) in [6.07, 6.45) is 3.83. The Hall–Kier alpha value is -1.33. The van der Waals surface area contributed by atoms with Crippen LogP contribution in [-0.4, -0.2) is 28.8 Å². The van der Waals surface area contributed by atoms with Gasteiger partial charge in [-0.3, -0.25) is 0 Å². The van der Waals surface area contributed by atoms with Gasteiger partial charge < -0.3 is 19.9 Å². The maximum atomic E-state index is 10.6. The number of aliphatic hydroxyl groups is 1. The average molecular weight is 253 g/mol. The van der Waals surface area contributed by atoms with Crippen molar-refractivity contribution in [3.8, 4) is 0 Å². The van der Waals surface area contributed by atoms with Crippen LogP contribution in [0.5, 0.6) is 0 Å². The predicted octanol–water partition coefficient (Wildman–Crippen LogP) is 1.62.